The van der Waals surface area contributed by atoms with Crippen molar-refractivity contribution >= 4 is 47.4 Å². The van der Waals surface area contributed by atoms with E-state index >= 15 is 0 Å². The summed E-state index contributed by atoms with van der Waals surface area (Å²) in [4.78, 5) is 10.2. The fraction of sp³-hybridized carbons (Fsp3) is 0.368. The van der Waals surface area contributed by atoms with Crippen molar-refractivity contribution in [2.24, 2.45) is 4.99 Å². The van der Waals surface area contributed by atoms with Crippen molar-refractivity contribution in [2.75, 3.05) is 31.6 Å². The van der Waals surface area contributed by atoms with E-state index in [1.807, 2.05) is 4.90 Å². The van der Waals surface area contributed by atoms with E-state index in [2.05, 4.69) is 20.6 Å². The zero-order valence-corrected chi connectivity index (χ0v) is 18.5. The zero-order chi connectivity index (χ0) is 19.2. The molecule has 1 unspecified atom stereocenters. The average Bonchev–Trinajstić information content (AvgIpc) is 3.12. The van der Waals surface area contributed by atoms with E-state index in [-0.39, 0.29) is 41.7 Å². The lowest BCUT2D eigenvalue weighted by Gasteiger charge is -2.20. The van der Waals surface area contributed by atoms with Crippen LogP contribution in [0.4, 0.5) is 14.6 Å². The molecule has 152 valence electrons. The van der Waals surface area contributed by atoms with E-state index in [4.69, 9.17) is 11.6 Å². The van der Waals surface area contributed by atoms with Crippen molar-refractivity contribution in [1.82, 2.24) is 15.6 Å². The summed E-state index contributed by atoms with van der Waals surface area (Å²) in [5, 5.41) is 6.91. The van der Waals surface area contributed by atoms with Crippen LogP contribution in [0.5, 0.6) is 0 Å². The molecule has 0 amide bonds. The maximum Gasteiger partial charge on any atom is 0.191 e. The Kier molecular flexibility index (Phi) is 8.68. The molecule has 5 nitrogen and oxygen atoms in total. The Labute approximate surface area is 185 Å². The van der Waals surface area contributed by atoms with Gasteiger partial charge in [0.1, 0.15) is 5.82 Å². The maximum atomic E-state index is 13.9. The van der Waals surface area contributed by atoms with Crippen LogP contribution in [0.1, 0.15) is 12.0 Å². The first-order valence-corrected chi connectivity index (χ1v) is 9.22. The molecule has 3 rings (SSSR count). The van der Waals surface area contributed by atoms with Gasteiger partial charge in [0.05, 0.1) is 0 Å². The van der Waals surface area contributed by atoms with Crippen LogP contribution >= 0.6 is 35.6 Å². The van der Waals surface area contributed by atoms with E-state index in [1.165, 1.54) is 12.1 Å². The van der Waals surface area contributed by atoms with Crippen LogP contribution < -0.4 is 15.5 Å². The topological polar surface area (TPSA) is 52.6 Å². The Bertz CT molecular complexity index is 800. The van der Waals surface area contributed by atoms with Crippen molar-refractivity contribution in [2.45, 2.75) is 18.9 Å². The number of benzene rings is 1. The van der Waals surface area contributed by atoms with E-state index in [0.717, 1.165) is 6.42 Å². The van der Waals surface area contributed by atoms with Crippen LogP contribution in [0.3, 0.4) is 0 Å². The first kappa shape index (κ1) is 22.6. The normalized spacial score (nSPS) is 16.6. The van der Waals surface area contributed by atoms with E-state index in [9.17, 15) is 8.78 Å². The molecule has 28 heavy (non-hydrogen) atoms. The predicted octanol–water partition coefficient (Wildman–Crippen LogP) is 3.62. The van der Waals surface area contributed by atoms with Gasteiger partial charge in [0.15, 0.2) is 17.6 Å². The number of aliphatic imine (C=N–C) groups is 1. The van der Waals surface area contributed by atoms with Gasteiger partial charge in [-0.3, -0.25) is 4.99 Å². The lowest BCUT2D eigenvalue weighted by molar-refractivity contribution is 0.603. The number of halogens is 4. The van der Waals surface area contributed by atoms with Gasteiger partial charge in [-0.2, -0.15) is 0 Å². The number of nitrogens with zero attached hydrogens (tertiary/aromatic N) is 3. The third kappa shape index (κ3) is 5.66. The minimum atomic E-state index is -0.317. The molecule has 1 aromatic carbocycles. The van der Waals surface area contributed by atoms with Crippen LogP contribution in [0.2, 0.25) is 5.02 Å². The Hall–Kier alpha value is -1.68. The van der Waals surface area contributed by atoms with Crippen molar-refractivity contribution in [3.8, 4) is 0 Å². The summed E-state index contributed by atoms with van der Waals surface area (Å²) in [6, 6.07) is 7.78. The molecular formula is C19H23ClF2IN5. The van der Waals surface area contributed by atoms with Crippen molar-refractivity contribution in [3.63, 3.8) is 0 Å². The second-order valence-electron chi connectivity index (χ2n) is 6.33. The summed E-state index contributed by atoms with van der Waals surface area (Å²) < 4.78 is 27.7. The molecule has 0 bridgehead atoms. The van der Waals surface area contributed by atoms with Gasteiger partial charge in [0.2, 0.25) is 0 Å². The summed E-state index contributed by atoms with van der Waals surface area (Å²) in [5.41, 5.74) is 0.486. The van der Waals surface area contributed by atoms with E-state index < -0.39 is 0 Å². The van der Waals surface area contributed by atoms with Gasteiger partial charge in [0.25, 0.3) is 0 Å². The summed E-state index contributed by atoms with van der Waals surface area (Å²) in [5.74, 6) is 0.369. The van der Waals surface area contributed by atoms with Crippen molar-refractivity contribution < 1.29 is 8.78 Å². The molecule has 1 aliphatic rings. The number of guanidine groups is 1. The van der Waals surface area contributed by atoms with E-state index in [1.54, 1.807) is 31.4 Å². The van der Waals surface area contributed by atoms with Crippen molar-refractivity contribution in [1.29, 1.82) is 0 Å². The molecule has 1 atom stereocenters. The maximum absolute atomic E-state index is 13.9. The summed E-state index contributed by atoms with van der Waals surface area (Å²) in [6.45, 7) is 1.84. The molecule has 2 N–H and O–H groups in total. The first-order chi connectivity index (χ1) is 13.1. The molecule has 0 radical (unpaired) electrons. The highest BCUT2D eigenvalue weighted by Crippen LogP contribution is 2.21. The van der Waals surface area contributed by atoms with Gasteiger partial charge < -0.3 is 15.5 Å². The molecule has 1 aliphatic heterocycles. The number of hydrogen-bond donors (Lipinski definition) is 2. The number of pyridine rings is 1. The van der Waals surface area contributed by atoms with Crippen LogP contribution in [0.25, 0.3) is 0 Å². The smallest absolute Gasteiger partial charge is 0.191 e. The number of hydrogen-bond acceptors (Lipinski definition) is 3. The van der Waals surface area contributed by atoms with Crippen LogP contribution in [0.15, 0.2) is 41.5 Å². The van der Waals surface area contributed by atoms with Crippen LogP contribution in [-0.4, -0.2) is 43.7 Å². The molecule has 0 aliphatic carbocycles. The number of anilines is 1. The summed E-state index contributed by atoms with van der Waals surface area (Å²) in [6.07, 6.45) is 2.88. The average molecular weight is 522 g/mol. The third-order valence-corrected chi connectivity index (χ3v) is 4.87. The van der Waals surface area contributed by atoms with Crippen LogP contribution in [0, 0.1) is 11.6 Å². The van der Waals surface area contributed by atoms with Gasteiger partial charge in [-0.1, -0.05) is 17.7 Å². The van der Waals surface area contributed by atoms with Crippen molar-refractivity contribution in [3.05, 3.63) is 58.7 Å². The van der Waals surface area contributed by atoms with Gasteiger partial charge in [-0.05, 0) is 37.1 Å². The highest BCUT2D eigenvalue weighted by molar-refractivity contribution is 14.0. The summed E-state index contributed by atoms with van der Waals surface area (Å²) in [7, 11) is 1.68. The molecule has 2 heterocycles. The lowest BCUT2D eigenvalue weighted by atomic mass is 10.1. The Morgan fingerprint density at radius 3 is 2.79 bits per heavy atom. The third-order valence-electron chi connectivity index (χ3n) is 4.52. The largest absolute Gasteiger partial charge is 0.356 e. The summed E-state index contributed by atoms with van der Waals surface area (Å²) >= 11 is 6.05. The fourth-order valence-electron chi connectivity index (χ4n) is 3.15. The minimum absolute atomic E-state index is 0. The Morgan fingerprint density at radius 1 is 1.29 bits per heavy atom. The molecule has 9 heteroatoms. The van der Waals surface area contributed by atoms with Gasteiger partial charge in [-0.25, -0.2) is 13.8 Å². The number of nitrogens with one attached hydrogen (secondary N) is 2. The second kappa shape index (κ2) is 10.8. The molecule has 1 fully saturated rings. The molecule has 1 saturated heterocycles. The Morgan fingerprint density at radius 2 is 2.07 bits per heavy atom. The number of rotatable bonds is 5. The highest BCUT2D eigenvalue weighted by atomic mass is 127. The fourth-order valence-corrected chi connectivity index (χ4v) is 3.40. The standard InChI is InChI=1S/C19H22ClF2N5.HI/c1-23-19(25-10-7-14-15(20)4-2-5-16(14)21)26-13-8-11-27(12-13)18-17(22)6-3-9-24-18;/h2-6,9,13H,7-8,10-12H2,1H3,(H2,23,25,26);1H. The first-order valence-electron chi connectivity index (χ1n) is 8.84. The Balaban J connectivity index is 0.00000280. The van der Waals surface area contributed by atoms with Gasteiger partial charge in [0, 0.05) is 49.5 Å². The zero-order valence-electron chi connectivity index (χ0n) is 15.5. The van der Waals surface area contributed by atoms with E-state index in [0.29, 0.717) is 48.4 Å². The van der Waals surface area contributed by atoms with Crippen LogP contribution in [-0.2, 0) is 6.42 Å². The SMILES string of the molecule is CN=C(NCCc1c(F)cccc1Cl)NC1CCN(c2ncccc2F)C1.I. The van der Waals surface area contributed by atoms with Gasteiger partial charge >= 0.3 is 0 Å². The lowest BCUT2D eigenvalue weighted by Crippen LogP contribution is -2.45. The van der Waals surface area contributed by atoms with Gasteiger partial charge in [-0.15, -0.1) is 24.0 Å². The minimum Gasteiger partial charge on any atom is -0.356 e. The molecule has 0 spiro atoms. The molecule has 0 saturated carbocycles. The monoisotopic (exact) mass is 521 g/mol. The predicted molar refractivity (Wildman–Crippen MR) is 120 cm³/mol. The molecular weight excluding hydrogens is 499 g/mol. The molecule has 2 aromatic rings. The quantitative estimate of drug-likeness (QED) is 0.359. The number of aromatic nitrogens is 1. The molecule has 1 aromatic heterocycles. The highest BCUT2D eigenvalue weighted by Gasteiger charge is 2.25. The second-order valence-corrected chi connectivity index (χ2v) is 6.74.